The molecule has 0 aromatic carbocycles. The highest BCUT2D eigenvalue weighted by Gasteiger charge is 2.18. The van der Waals surface area contributed by atoms with Crippen LogP contribution in [0.2, 0.25) is 0 Å². The summed E-state index contributed by atoms with van der Waals surface area (Å²) in [6.45, 7) is 0.938. The van der Waals surface area contributed by atoms with E-state index in [1.807, 2.05) is 12.1 Å². The molecule has 2 heterocycles. The van der Waals surface area contributed by atoms with Crippen LogP contribution in [0, 0.1) is 5.92 Å². The molecule has 2 aromatic heterocycles. The Labute approximate surface area is 105 Å². The summed E-state index contributed by atoms with van der Waals surface area (Å²) in [6.07, 6.45) is 4.65. The number of nitrogens with two attached hydrogens (primary N) is 1. The summed E-state index contributed by atoms with van der Waals surface area (Å²) in [5.74, 6) is 1.50. The van der Waals surface area contributed by atoms with Gasteiger partial charge in [-0.15, -0.1) is 14.8 Å². The normalized spacial score (nSPS) is 24.3. The summed E-state index contributed by atoms with van der Waals surface area (Å²) in [7, 11) is 0. The maximum atomic E-state index is 5.90. The van der Waals surface area contributed by atoms with E-state index in [0.717, 1.165) is 25.2 Å². The molecular weight excluding hydrogens is 230 g/mol. The van der Waals surface area contributed by atoms with E-state index < -0.39 is 0 Å². The molecule has 0 saturated heterocycles. The lowest BCUT2D eigenvalue weighted by Gasteiger charge is -2.26. The molecule has 1 aliphatic rings. The molecule has 1 saturated carbocycles. The minimum atomic E-state index is 0.400. The van der Waals surface area contributed by atoms with E-state index in [-0.39, 0.29) is 0 Å². The highest BCUT2D eigenvalue weighted by atomic mass is 15.6. The Morgan fingerprint density at radius 1 is 1.28 bits per heavy atom. The van der Waals surface area contributed by atoms with Crippen LogP contribution in [0.25, 0.3) is 5.65 Å². The third-order valence-corrected chi connectivity index (χ3v) is 3.53. The summed E-state index contributed by atoms with van der Waals surface area (Å²) in [5, 5.41) is 18.8. The Morgan fingerprint density at radius 2 is 2.11 bits per heavy atom. The second kappa shape index (κ2) is 4.85. The Bertz CT molecular complexity index is 515. The average Bonchev–Trinajstić information content (AvgIpc) is 2.85. The predicted molar refractivity (Wildman–Crippen MR) is 67.0 cm³/mol. The summed E-state index contributed by atoms with van der Waals surface area (Å²) in [4.78, 5) is 0. The highest BCUT2D eigenvalue weighted by molar-refractivity contribution is 5.42. The van der Waals surface area contributed by atoms with E-state index in [0.29, 0.717) is 17.6 Å². The van der Waals surface area contributed by atoms with Crippen LogP contribution in [-0.4, -0.2) is 37.8 Å². The summed E-state index contributed by atoms with van der Waals surface area (Å²) < 4.78 is 1.43. The van der Waals surface area contributed by atoms with Crippen molar-refractivity contribution >= 4 is 11.5 Å². The first-order valence-corrected chi connectivity index (χ1v) is 6.36. The van der Waals surface area contributed by atoms with Crippen molar-refractivity contribution in [3.05, 3.63) is 12.1 Å². The van der Waals surface area contributed by atoms with Crippen LogP contribution in [-0.2, 0) is 0 Å². The number of fused-ring (bicyclic) bond motifs is 1. The van der Waals surface area contributed by atoms with E-state index in [2.05, 4.69) is 25.9 Å². The third-order valence-electron chi connectivity index (χ3n) is 3.53. The molecule has 3 N–H and O–H groups in total. The van der Waals surface area contributed by atoms with Crippen molar-refractivity contribution in [2.24, 2.45) is 11.7 Å². The van der Waals surface area contributed by atoms with E-state index in [1.165, 1.54) is 17.5 Å². The topological polar surface area (TPSA) is 94.0 Å². The maximum absolute atomic E-state index is 5.90. The molecule has 1 aliphatic carbocycles. The summed E-state index contributed by atoms with van der Waals surface area (Å²) >= 11 is 0. The van der Waals surface area contributed by atoms with Crippen molar-refractivity contribution in [2.75, 3.05) is 11.9 Å². The summed E-state index contributed by atoms with van der Waals surface area (Å²) in [5.41, 5.74) is 6.55. The first kappa shape index (κ1) is 11.3. The first-order chi connectivity index (χ1) is 8.81. The number of hydrogen-bond donors (Lipinski definition) is 2. The van der Waals surface area contributed by atoms with Gasteiger partial charge >= 0.3 is 0 Å². The molecule has 0 spiro atoms. The van der Waals surface area contributed by atoms with E-state index >= 15 is 0 Å². The molecular formula is C11H17N7. The molecule has 3 rings (SSSR count). The van der Waals surface area contributed by atoms with Crippen molar-refractivity contribution in [3.8, 4) is 0 Å². The van der Waals surface area contributed by atoms with Gasteiger partial charge in [0.05, 0.1) is 0 Å². The Hall–Kier alpha value is -1.76. The van der Waals surface area contributed by atoms with Crippen LogP contribution < -0.4 is 11.1 Å². The molecule has 96 valence electrons. The maximum Gasteiger partial charge on any atom is 0.200 e. The number of tetrazole rings is 1. The molecule has 1 fully saturated rings. The van der Waals surface area contributed by atoms with E-state index in [9.17, 15) is 0 Å². The minimum absolute atomic E-state index is 0.400. The lowest BCUT2D eigenvalue weighted by atomic mass is 9.86. The molecule has 7 nitrogen and oxygen atoms in total. The number of hydrogen-bond acceptors (Lipinski definition) is 6. The van der Waals surface area contributed by atoms with Crippen LogP contribution in [0.5, 0.6) is 0 Å². The van der Waals surface area contributed by atoms with Gasteiger partial charge in [-0.05, 0) is 54.2 Å². The molecule has 0 amide bonds. The van der Waals surface area contributed by atoms with Gasteiger partial charge in [0, 0.05) is 12.6 Å². The lowest BCUT2D eigenvalue weighted by molar-refractivity contribution is 0.338. The van der Waals surface area contributed by atoms with Crippen molar-refractivity contribution in [2.45, 2.75) is 31.7 Å². The van der Waals surface area contributed by atoms with Crippen molar-refractivity contribution < 1.29 is 0 Å². The van der Waals surface area contributed by atoms with Crippen LogP contribution in [0.15, 0.2) is 12.1 Å². The van der Waals surface area contributed by atoms with Crippen LogP contribution in [0.4, 0.5) is 5.82 Å². The zero-order valence-corrected chi connectivity index (χ0v) is 10.2. The number of nitrogens with zero attached hydrogens (tertiary/aromatic N) is 5. The number of aromatic nitrogens is 5. The van der Waals surface area contributed by atoms with Gasteiger partial charge in [0.25, 0.3) is 0 Å². The number of rotatable bonds is 3. The third kappa shape index (κ3) is 2.40. The van der Waals surface area contributed by atoms with Gasteiger partial charge < -0.3 is 11.1 Å². The number of nitrogens with one attached hydrogen (secondary N) is 1. The molecule has 0 bridgehead atoms. The van der Waals surface area contributed by atoms with Crippen LogP contribution in [0.3, 0.4) is 0 Å². The van der Waals surface area contributed by atoms with Gasteiger partial charge in [-0.2, -0.15) is 0 Å². The smallest absolute Gasteiger partial charge is 0.200 e. The van der Waals surface area contributed by atoms with Gasteiger partial charge in [-0.25, -0.2) is 0 Å². The second-order valence-electron chi connectivity index (χ2n) is 4.91. The molecule has 18 heavy (non-hydrogen) atoms. The minimum Gasteiger partial charge on any atom is -0.368 e. The van der Waals surface area contributed by atoms with E-state index in [4.69, 9.17) is 5.73 Å². The Kier molecular flexibility index (Phi) is 3.06. The standard InChI is InChI=1S/C11H17N7/c12-9-3-1-8(2-4-9)7-13-10-5-6-11-14-16-17-18(11)15-10/h5-6,8-9H,1-4,7,12H2,(H,13,15). The van der Waals surface area contributed by atoms with Crippen molar-refractivity contribution in [1.82, 2.24) is 25.3 Å². The zero-order valence-electron chi connectivity index (χ0n) is 10.2. The molecule has 0 unspecified atom stereocenters. The molecule has 0 atom stereocenters. The quantitative estimate of drug-likeness (QED) is 0.817. The monoisotopic (exact) mass is 247 g/mol. The van der Waals surface area contributed by atoms with Gasteiger partial charge in [0.1, 0.15) is 5.82 Å². The van der Waals surface area contributed by atoms with Gasteiger partial charge in [-0.1, -0.05) is 0 Å². The zero-order chi connectivity index (χ0) is 12.4. The van der Waals surface area contributed by atoms with Gasteiger partial charge in [0.2, 0.25) is 0 Å². The van der Waals surface area contributed by atoms with Crippen LogP contribution in [0.1, 0.15) is 25.7 Å². The average molecular weight is 247 g/mol. The molecule has 0 radical (unpaired) electrons. The van der Waals surface area contributed by atoms with Gasteiger partial charge in [-0.3, -0.25) is 0 Å². The second-order valence-corrected chi connectivity index (χ2v) is 4.91. The molecule has 2 aromatic rings. The van der Waals surface area contributed by atoms with Crippen molar-refractivity contribution in [1.29, 1.82) is 0 Å². The molecule has 0 aliphatic heterocycles. The fourth-order valence-corrected chi connectivity index (χ4v) is 2.39. The number of anilines is 1. The first-order valence-electron chi connectivity index (χ1n) is 6.36. The van der Waals surface area contributed by atoms with Crippen molar-refractivity contribution in [3.63, 3.8) is 0 Å². The largest absolute Gasteiger partial charge is 0.368 e. The predicted octanol–water partition coefficient (Wildman–Crippen LogP) is 0.449. The highest BCUT2D eigenvalue weighted by Crippen LogP contribution is 2.23. The van der Waals surface area contributed by atoms with E-state index in [1.54, 1.807) is 0 Å². The SMILES string of the molecule is NC1CCC(CNc2ccc3nnnn3n2)CC1. The fourth-order valence-electron chi connectivity index (χ4n) is 2.39. The Balaban J connectivity index is 1.59. The summed E-state index contributed by atoms with van der Waals surface area (Å²) in [6, 6.07) is 4.16. The van der Waals surface area contributed by atoms with Crippen LogP contribution >= 0.6 is 0 Å². The lowest BCUT2D eigenvalue weighted by Crippen LogP contribution is -2.29. The van der Waals surface area contributed by atoms with Gasteiger partial charge in [0.15, 0.2) is 5.65 Å². The fraction of sp³-hybridized carbons (Fsp3) is 0.636. The molecule has 7 heteroatoms. The Morgan fingerprint density at radius 3 is 2.94 bits per heavy atom.